The third-order valence-corrected chi connectivity index (χ3v) is 4.50. The molecule has 0 radical (unpaired) electrons. The molecule has 2 aliphatic rings. The van der Waals surface area contributed by atoms with E-state index in [1.54, 1.807) is 7.11 Å². The highest BCUT2D eigenvalue weighted by Crippen LogP contribution is 2.31. The second-order valence-corrected chi connectivity index (χ2v) is 5.88. The summed E-state index contributed by atoms with van der Waals surface area (Å²) in [5.41, 5.74) is 0. The molecule has 4 nitrogen and oxygen atoms in total. The molecule has 2 rings (SSSR count). The maximum atomic E-state index is 12.6. The van der Waals surface area contributed by atoms with Gasteiger partial charge in [-0.15, -0.1) is 0 Å². The molecule has 4 unspecified atom stereocenters. The Labute approximate surface area is 116 Å². The Balaban J connectivity index is 2.04. The molecule has 0 aromatic carbocycles. The van der Waals surface area contributed by atoms with Crippen molar-refractivity contribution in [2.75, 3.05) is 7.11 Å². The van der Waals surface area contributed by atoms with Crippen molar-refractivity contribution in [1.29, 1.82) is 0 Å². The lowest BCUT2D eigenvalue weighted by atomic mass is 10.1. The number of amides is 1. The van der Waals surface area contributed by atoms with E-state index in [-0.39, 0.29) is 12.2 Å². The molecule has 4 atom stereocenters. The van der Waals surface area contributed by atoms with Gasteiger partial charge in [-0.25, -0.2) is 0 Å². The summed E-state index contributed by atoms with van der Waals surface area (Å²) in [4.78, 5) is 14.7. The summed E-state index contributed by atoms with van der Waals surface area (Å²) in [6.45, 7) is 4.33. The Bertz CT molecular complexity index is 307. The van der Waals surface area contributed by atoms with Crippen molar-refractivity contribution < 1.29 is 9.53 Å². The Morgan fingerprint density at radius 1 is 1.26 bits per heavy atom. The summed E-state index contributed by atoms with van der Waals surface area (Å²) in [5, 5.41) is 3.54. The van der Waals surface area contributed by atoms with Crippen LogP contribution in [-0.2, 0) is 9.53 Å². The number of hydrogen-bond donors (Lipinski definition) is 1. The van der Waals surface area contributed by atoms with Gasteiger partial charge < -0.3 is 9.64 Å². The quantitative estimate of drug-likeness (QED) is 0.803. The zero-order valence-corrected chi connectivity index (χ0v) is 12.5. The number of nitrogens with one attached hydrogen (secondary N) is 1. The van der Waals surface area contributed by atoms with Gasteiger partial charge in [0.05, 0.1) is 18.3 Å². The lowest BCUT2D eigenvalue weighted by Gasteiger charge is -2.30. The number of carbonyl (C=O) groups is 1. The van der Waals surface area contributed by atoms with Crippen LogP contribution in [-0.4, -0.2) is 42.3 Å². The average Bonchev–Trinajstić information content (AvgIpc) is 2.97. The summed E-state index contributed by atoms with van der Waals surface area (Å²) in [6, 6.07) is 0.423. The largest absolute Gasteiger partial charge is 0.381 e. The first-order chi connectivity index (χ1) is 9.21. The van der Waals surface area contributed by atoms with Crippen molar-refractivity contribution in [2.45, 2.75) is 83.1 Å². The van der Waals surface area contributed by atoms with E-state index in [9.17, 15) is 4.79 Å². The topological polar surface area (TPSA) is 41.6 Å². The van der Waals surface area contributed by atoms with Gasteiger partial charge in [0.1, 0.15) is 0 Å². The Morgan fingerprint density at radius 3 is 2.58 bits per heavy atom. The highest BCUT2D eigenvalue weighted by Gasteiger charge is 2.43. The molecule has 0 aromatic rings. The van der Waals surface area contributed by atoms with E-state index in [0.29, 0.717) is 18.1 Å². The summed E-state index contributed by atoms with van der Waals surface area (Å²) in [7, 11) is 1.78. The maximum absolute atomic E-state index is 12.6. The van der Waals surface area contributed by atoms with Crippen LogP contribution in [0.25, 0.3) is 0 Å². The molecule has 0 spiro atoms. The molecule has 1 amide bonds. The third-order valence-electron chi connectivity index (χ3n) is 4.50. The zero-order valence-electron chi connectivity index (χ0n) is 12.5. The van der Waals surface area contributed by atoms with Gasteiger partial charge in [-0.05, 0) is 32.1 Å². The van der Waals surface area contributed by atoms with Crippen molar-refractivity contribution in [3.05, 3.63) is 0 Å². The number of nitrogens with zero attached hydrogens (tertiary/aromatic N) is 1. The van der Waals surface area contributed by atoms with Gasteiger partial charge in [-0.1, -0.05) is 26.7 Å². The van der Waals surface area contributed by atoms with Gasteiger partial charge >= 0.3 is 0 Å². The van der Waals surface area contributed by atoms with Gasteiger partial charge in [-0.3, -0.25) is 10.1 Å². The highest BCUT2D eigenvalue weighted by molar-refractivity contribution is 5.84. The van der Waals surface area contributed by atoms with Crippen LogP contribution in [0.1, 0.15) is 58.8 Å². The van der Waals surface area contributed by atoms with E-state index >= 15 is 0 Å². The third kappa shape index (κ3) is 3.11. The standard InChI is InChI=1S/C15H28N2O2/c1-4-6-13-15(18)17(14(16-13)7-5-2)11-8-9-12(10-11)19-3/h11-14,16H,4-10H2,1-3H3. The van der Waals surface area contributed by atoms with E-state index < -0.39 is 0 Å². The first-order valence-electron chi connectivity index (χ1n) is 7.82. The molecular weight excluding hydrogens is 240 g/mol. The second-order valence-electron chi connectivity index (χ2n) is 5.88. The normalized spacial score (nSPS) is 35.3. The molecule has 19 heavy (non-hydrogen) atoms. The monoisotopic (exact) mass is 268 g/mol. The summed E-state index contributed by atoms with van der Waals surface area (Å²) in [6.07, 6.45) is 7.94. The minimum Gasteiger partial charge on any atom is -0.381 e. The SMILES string of the molecule is CCCC1NC(CCC)N(C2CCC(OC)C2)C1=O. The molecule has 0 aromatic heterocycles. The second kappa shape index (κ2) is 6.71. The van der Waals surface area contributed by atoms with Crippen molar-refractivity contribution in [2.24, 2.45) is 0 Å². The Kier molecular flexibility index (Phi) is 5.22. The van der Waals surface area contributed by atoms with E-state index in [2.05, 4.69) is 24.1 Å². The molecular formula is C15H28N2O2. The van der Waals surface area contributed by atoms with E-state index in [4.69, 9.17) is 4.74 Å². The number of ether oxygens (including phenoxy) is 1. The number of rotatable bonds is 6. The van der Waals surface area contributed by atoms with Crippen LogP contribution >= 0.6 is 0 Å². The molecule has 1 heterocycles. The Morgan fingerprint density at radius 2 is 2.00 bits per heavy atom. The van der Waals surface area contributed by atoms with E-state index in [1.807, 2.05) is 0 Å². The van der Waals surface area contributed by atoms with Crippen molar-refractivity contribution in [3.63, 3.8) is 0 Å². The summed E-state index contributed by atoms with van der Waals surface area (Å²) in [5.74, 6) is 0.321. The molecule has 1 N–H and O–H groups in total. The van der Waals surface area contributed by atoms with Gasteiger partial charge in [-0.2, -0.15) is 0 Å². The van der Waals surface area contributed by atoms with Crippen molar-refractivity contribution >= 4 is 5.91 Å². The smallest absolute Gasteiger partial charge is 0.241 e. The lowest BCUT2D eigenvalue weighted by Crippen LogP contribution is -2.43. The van der Waals surface area contributed by atoms with Crippen LogP contribution in [0, 0.1) is 0 Å². The molecule has 2 fully saturated rings. The predicted octanol–water partition coefficient (Wildman–Crippen LogP) is 2.28. The Hall–Kier alpha value is -0.610. The zero-order chi connectivity index (χ0) is 13.8. The lowest BCUT2D eigenvalue weighted by molar-refractivity contribution is -0.132. The van der Waals surface area contributed by atoms with E-state index in [0.717, 1.165) is 44.9 Å². The van der Waals surface area contributed by atoms with Crippen LogP contribution < -0.4 is 5.32 Å². The average molecular weight is 268 g/mol. The molecule has 1 aliphatic carbocycles. The molecule has 0 bridgehead atoms. The van der Waals surface area contributed by atoms with Crippen LogP contribution in [0.4, 0.5) is 0 Å². The predicted molar refractivity (Wildman–Crippen MR) is 75.8 cm³/mol. The minimum absolute atomic E-state index is 0.0446. The molecule has 1 saturated heterocycles. The number of methoxy groups -OCH3 is 1. The van der Waals surface area contributed by atoms with Gasteiger partial charge in [0.2, 0.25) is 5.91 Å². The van der Waals surface area contributed by atoms with Crippen LogP contribution in [0.2, 0.25) is 0 Å². The first kappa shape index (κ1) is 14.8. The minimum atomic E-state index is 0.0446. The number of carbonyl (C=O) groups excluding carboxylic acids is 1. The number of hydrogen-bond acceptors (Lipinski definition) is 3. The van der Waals surface area contributed by atoms with Crippen molar-refractivity contribution in [3.8, 4) is 0 Å². The van der Waals surface area contributed by atoms with E-state index in [1.165, 1.54) is 0 Å². The summed E-state index contributed by atoms with van der Waals surface area (Å²) >= 11 is 0. The fourth-order valence-corrected chi connectivity index (χ4v) is 3.53. The molecule has 1 saturated carbocycles. The first-order valence-corrected chi connectivity index (χ1v) is 7.82. The van der Waals surface area contributed by atoms with Gasteiger partial charge in [0, 0.05) is 13.2 Å². The molecule has 4 heteroatoms. The fraction of sp³-hybridized carbons (Fsp3) is 0.933. The molecule has 1 aliphatic heterocycles. The van der Waals surface area contributed by atoms with Crippen LogP contribution in [0.3, 0.4) is 0 Å². The summed E-state index contributed by atoms with van der Waals surface area (Å²) < 4.78 is 5.45. The highest BCUT2D eigenvalue weighted by atomic mass is 16.5. The maximum Gasteiger partial charge on any atom is 0.241 e. The van der Waals surface area contributed by atoms with Gasteiger partial charge in [0.25, 0.3) is 0 Å². The fourth-order valence-electron chi connectivity index (χ4n) is 3.53. The van der Waals surface area contributed by atoms with Crippen LogP contribution in [0.15, 0.2) is 0 Å². The van der Waals surface area contributed by atoms with Crippen molar-refractivity contribution in [1.82, 2.24) is 10.2 Å². The molecule has 110 valence electrons. The van der Waals surface area contributed by atoms with Gasteiger partial charge in [0.15, 0.2) is 0 Å². The van der Waals surface area contributed by atoms with Crippen LogP contribution in [0.5, 0.6) is 0 Å².